The van der Waals surface area contributed by atoms with Gasteiger partial charge in [0.1, 0.15) is 5.75 Å². The fourth-order valence-electron chi connectivity index (χ4n) is 4.70. The highest BCUT2D eigenvalue weighted by atomic mass is 16.5. The Morgan fingerprint density at radius 3 is 2.57 bits per heavy atom. The van der Waals surface area contributed by atoms with E-state index >= 15 is 0 Å². The smallest absolute Gasteiger partial charge is 0.225 e. The molecule has 0 aliphatic carbocycles. The average molecular weight is 391 g/mol. The minimum Gasteiger partial charge on any atom is -0.438 e. The van der Waals surface area contributed by atoms with Crippen LogP contribution in [-0.2, 0) is 12.8 Å². The Hall–Kier alpha value is -3.66. The molecule has 146 valence electrons. The SMILES string of the molecule is CCc1c2c(nc3c1c(C)nn3-c1ccccc1)Oc1ccc3ccccc3c1C2. The van der Waals surface area contributed by atoms with Gasteiger partial charge in [0.2, 0.25) is 5.88 Å². The van der Waals surface area contributed by atoms with Gasteiger partial charge in [-0.1, -0.05) is 55.5 Å². The van der Waals surface area contributed by atoms with Gasteiger partial charge < -0.3 is 4.74 Å². The van der Waals surface area contributed by atoms with Crippen molar-refractivity contribution in [3.63, 3.8) is 0 Å². The number of aryl methyl sites for hydroxylation is 2. The Balaban J connectivity index is 1.62. The summed E-state index contributed by atoms with van der Waals surface area (Å²) in [5.74, 6) is 1.61. The zero-order valence-electron chi connectivity index (χ0n) is 17.0. The van der Waals surface area contributed by atoms with Crippen molar-refractivity contribution in [2.45, 2.75) is 26.7 Å². The van der Waals surface area contributed by atoms with Crippen LogP contribution >= 0.6 is 0 Å². The summed E-state index contributed by atoms with van der Waals surface area (Å²) in [4.78, 5) is 4.98. The van der Waals surface area contributed by atoms with Crippen LogP contribution in [0.4, 0.5) is 0 Å². The third-order valence-corrected chi connectivity index (χ3v) is 6.08. The molecule has 4 nitrogen and oxygen atoms in total. The largest absolute Gasteiger partial charge is 0.438 e. The van der Waals surface area contributed by atoms with Crippen molar-refractivity contribution in [3.05, 3.63) is 89.1 Å². The van der Waals surface area contributed by atoms with Crippen molar-refractivity contribution in [1.82, 2.24) is 14.8 Å². The van der Waals surface area contributed by atoms with Gasteiger partial charge >= 0.3 is 0 Å². The highest BCUT2D eigenvalue weighted by Crippen LogP contribution is 2.43. The van der Waals surface area contributed by atoms with Gasteiger partial charge in [0.05, 0.1) is 11.4 Å². The number of pyridine rings is 1. The van der Waals surface area contributed by atoms with E-state index in [-0.39, 0.29) is 0 Å². The molecule has 0 atom stereocenters. The first-order valence-corrected chi connectivity index (χ1v) is 10.4. The standard InChI is InChI=1S/C26H21N3O/c1-3-19-22-15-21-20-12-8-7-9-17(20)13-14-23(21)30-26(22)27-25-24(19)16(2)28-29(25)18-10-5-4-6-11-18/h4-14H,3,15H2,1-2H3. The molecule has 3 aromatic carbocycles. The molecular weight excluding hydrogens is 370 g/mol. The minimum absolute atomic E-state index is 0.708. The molecule has 3 heterocycles. The van der Waals surface area contributed by atoms with Crippen LogP contribution in [0.15, 0.2) is 66.7 Å². The van der Waals surface area contributed by atoms with Gasteiger partial charge in [-0.05, 0) is 47.9 Å². The van der Waals surface area contributed by atoms with E-state index in [2.05, 4.69) is 62.4 Å². The number of hydrogen-bond acceptors (Lipinski definition) is 3. The lowest BCUT2D eigenvalue weighted by molar-refractivity contribution is 0.442. The van der Waals surface area contributed by atoms with Gasteiger partial charge in [-0.3, -0.25) is 0 Å². The lowest BCUT2D eigenvalue weighted by Crippen LogP contribution is -2.10. The molecule has 6 rings (SSSR count). The topological polar surface area (TPSA) is 39.9 Å². The molecular formula is C26H21N3O. The molecule has 2 aromatic heterocycles. The summed E-state index contributed by atoms with van der Waals surface area (Å²) < 4.78 is 8.32. The van der Waals surface area contributed by atoms with Crippen LogP contribution in [0.5, 0.6) is 11.6 Å². The molecule has 1 aliphatic heterocycles. The van der Waals surface area contributed by atoms with E-state index in [0.29, 0.717) is 5.88 Å². The number of para-hydroxylation sites is 1. The average Bonchev–Trinajstić information content (AvgIpc) is 3.13. The molecule has 0 N–H and O–H groups in total. The van der Waals surface area contributed by atoms with Gasteiger partial charge in [0.15, 0.2) is 5.65 Å². The predicted molar refractivity (Wildman–Crippen MR) is 120 cm³/mol. The van der Waals surface area contributed by atoms with E-state index in [4.69, 9.17) is 14.8 Å². The van der Waals surface area contributed by atoms with Crippen molar-refractivity contribution in [2.24, 2.45) is 0 Å². The van der Waals surface area contributed by atoms with Crippen LogP contribution in [0.25, 0.3) is 27.5 Å². The lowest BCUT2D eigenvalue weighted by Gasteiger charge is -2.23. The number of hydrogen-bond donors (Lipinski definition) is 0. The van der Waals surface area contributed by atoms with E-state index in [1.165, 1.54) is 27.5 Å². The van der Waals surface area contributed by atoms with Gasteiger partial charge in [-0.25, -0.2) is 4.68 Å². The Morgan fingerprint density at radius 1 is 0.933 bits per heavy atom. The molecule has 0 amide bonds. The summed E-state index contributed by atoms with van der Waals surface area (Å²) in [5, 5.41) is 8.47. The monoisotopic (exact) mass is 391 g/mol. The normalized spacial score (nSPS) is 12.6. The second kappa shape index (κ2) is 6.42. The van der Waals surface area contributed by atoms with Crippen molar-refractivity contribution >= 4 is 21.8 Å². The highest BCUT2D eigenvalue weighted by Gasteiger charge is 2.27. The van der Waals surface area contributed by atoms with Crippen molar-refractivity contribution < 1.29 is 4.74 Å². The molecule has 4 heteroatoms. The van der Waals surface area contributed by atoms with Gasteiger partial charge in [-0.15, -0.1) is 0 Å². The first-order chi connectivity index (χ1) is 14.7. The second-order valence-electron chi connectivity index (χ2n) is 7.80. The Labute approximate surface area is 174 Å². The predicted octanol–water partition coefficient (Wildman–Crippen LogP) is 6.14. The summed E-state index contributed by atoms with van der Waals surface area (Å²) in [6.07, 6.45) is 1.74. The summed E-state index contributed by atoms with van der Waals surface area (Å²) >= 11 is 0. The molecule has 0 bridgehead atoms. The van der Waals surface area contributed by atoms with Crippen LogP contribution in [0.3, 0.4) is 0 Å². The molecule has 0 fully saturated rings. The number of rotatable bonds is 2. The third kappa shape index (κ3) is 2.40. The minimum atomic E-state index is 0.708. The zero-order valence-corrected chi connectivity index (χ0v) is 17.0. The van der Waals surface area contributed by atoms with E-state index in [0.717, 1.165) is 41.0 Å². The van der Waals surface area contributed by atoms with E-state index < -0.39 is 0 Å². The van der Waals surface area contributed by atoms with Crippen molar-refractivity contribution in [1.29, 1.82) is 0 Å². The Kier molecular flexibility index (Phi) is 3.69. The van der Waals surface area contributed by atoms with E-state index in [1.54, 1.807) is 0 Å². The molecule has 5 aromatic rings. The summed E-state index contributed by atoms with van der Waals surface area (Å²) in [6.45, 7) is 4.27. The van der Waals surface area contributed by atoms with Crippen LogP contribution in [0.2, 0.25) is 0 Å². The first kappa shape index (κ1) is 17.2. The van der Waals surface area contributed by atoms with E-state index in [9.17, 15) is 0 Å². The highest BCUT2D eigenvalue weighted by molar-refractivity contribution is 5.90. The van der Waals surface area contributed by atoms with Crippen molar-refractivity contribution in [2.75, 3.05) is 0 Å². The van der Waals surface area contributed by atoms with Crippen molar-refractivity contribution in [3.8, 4) is 17.3 Å². The number of nitrogens with zero attached hydrogens (tertiary/aromatic N) is 3. The van der Waals surface area contributed by atoms with Gasteiger partial charge in [-0.2, -0.15) is 10.1 Å². The van der Waals surface area contributed by atoms with Gasteiger partial charge in [0.25, 0.3) is 0 Å². The maximum atomic E-state index is 6.38. The Bertz CT molecular complexity index is 1430. The third-order valence-electron chi connectivity index (χ3n) is 6.08. The van der Waals surface area contributed by atoms with Crippen LogP contribution in [0, 0.1) is 6.92 Å². The van der Waals surface area contributed by atoms with Gasteiger partial charge in [0, 0.05) is 22.9 Å². The molecule has 0 radical (unpaired) electrons. The summed E-state index contributed by atoms with van der Waals surface area (Å²) in [6, 6.07) is 22.9. The molecule has 1 aliphatic rings. The van der Waals surface area contributed by atoms with Crippen LogP contribution < -0.4 is 4.74 Å². The Morgan fingerprint density at radius 2 is 1.73 bits per heavy atom. The van der Waals surface area contributed by atoms with Crippen LogP contribution in [0.1, 0.15) is 29.3 Å². The molecule has 0 unspecified atom stereocenters. The fraction of sp³-hybridized carbons (Fsp3) is 0.154. The lowest BCUT2D eigenvalue weighted by atomic mass is 9.91. The maximum Gasteiger partial charge on any atom is 0.225 e. The molecule has 0 saturated heterocycles. The van der Waals surface area contributed by atoms with E-state index in [1.807, 2.05) is 22.9 Å². The first-order valence-electron chi connectivity index (χ1n) is 10.4. The quantitative estimate of drug-likeness (QED) is 0.356. The number of ether oxygens (including phenoxy) is 1. The number of benzene rings is 3. The fourth-order valence-corrected chi connectivity index (χ4v) is 4.70. The van der Waals surface area contributed by atoms with Crippen LogP contribution in [-0.4, -0.2) is 14.8 Å². The zero-order chi connectivity index (χ0) is 20.2. The summed E-state index contributed by atoms with van der Waals surface area (Å²) in [5.41, 5.74) is 6.58. The number of aromatic nitrogens is 3. The number of fused-ring (bicyclic) bond motifs is 5. The molecule has 30 heavy (non-hydrogen) atoms. The molecule has 0 spiro atoms. The molecule has 0 saturated carbocycles. The summed E-state index contributed by atoms with van der Waals surface area (Å²) in [7, 11) is 0. The maximum absolute atomic E-state index is 6.38. The second-order valence-corrected chi connectivity index (χ2v) is 7.80.